The number of hydrogen-bond acceptors (Lipinski definition) is 1. The number of hydrogen-bond donors (Lipinski definition) is 1. The Balaban J connectivity index is 2.29. The van der Waals surface area contributed by atoms with Gasteiger partial charge in [-0.1, -0.05) is 42.5 Å². The first-order valence-corrected chi connectivity index (χ1v) is 5.98. The fourth-order valence-corrected chi connectivity index (χ4v) is 1.84. The maximum absolute atomic E-state index is 3.49. The number of rotatable bonds is 2. The monoisotopic (exact) mass is 225 g/mol. The largest absolute Gasteiger partial charge is 0.380 e. The van der Waals surface area contributed by atoms with E-state index < -0.39 is 0 Å². The molecule has 1 nitrogen and oxygen atoms in total. The van der Waals surface area contributed by atoms with Gasteiger partial charge in [-0.05, 0) is 44.0 Å². The van der Waals surface area contributed by atoms with Crippen molar-refractivity contribution >= 4 is 5.69 Å². The predicted molar refractivity (Wildman–Crippen MR) is 75.3 cm³/mol. The van der Waals surface area contributed by atoms with Gasteiger partial charge in [-0.25, -0.2) is 0 Å². The lowest BCUT2D eigenvalue weighted by Crippen LogP contribution is -2.25. The fourth-order valence-electron chi connectivity index (χ4n) is 1.84. The zero-order valence-electron chi connectivity index (χ0n) is 10.7. The lowest BCUT2D eigenvalue weighted by molar-refractivity contribution is 0.634. The van der Waals surface area contributed by atoms with Crippen molar-refractivity contribution < 1.29 is 0 Å². The van der Waals surface area contributed by atoms with E-state index >= 15 is 0 Å². The van der Waals surface area contributed by atoms with E-state index in [4.69, 9.17) is 0 Å². The Morgan fingerprint density at radius 1 is 0.765 bits per heavy atom. The lowest BCUT2D eigenvalue weighted by Gasteiger charge is -2.22. The van der Waals surface area contributed by atoms with Crippen LogP contribution in [0.25, 0.3) is 11.1 Å². The highest BCUT2D eigenvalue weighted by molar-refractivity contribution is 5.68. The van der Waals surface area contributed by atoms with Gasteiger partial charge in [0.25, 0.3) is 0 Å². The minimum absolute atomic E-state index is 0.0926. The van der Waals surface area contributed by atoms with Crippen molar-refractivity contribution in [2.45, 2.75) is 26.3 Å². The molecule has 0 saturated carbocycles. The highest BCUT2D eigenvalue weighted by Gasteiger charge is 2.09. The average molecular weight is 225 g/mol. The van der Waals surface area contributed by atoms with Crippen molar-refractivity contribution in [2.75, 3.05) is 5.32 Å². The Bertz CT molecular complexity index is 480. The Kier molecular flexibility index (Phi) is 3.19. The van der Waals surface area contributed by atoms with Crippen LogP contribution in [0.15, 0.2) is 54.6 Å². The molecule has 0 atom stereocenters. The van der Waals surface area contributed by atoms with Crippen LogP contribution in [-0.4, -0.2) is 5.54 Å². The Labute approximate surface area is 103 Å². The van der Waals surface area contributed by atoms with Crippen LogP contribution >= 0.6 is 0 Å². The molecule has 0 spiro atoms. The molecule has 0 heterocycles. The molecule has 1 N–H and O–H groups in total. The maximum Gasteiger partial charge on any atom is 0.0350 e. The first-order chi connectivity index (χ1) is 8.04. The minimum atomic E-state index is 0.0926. The summed E-state index contributed by atoms with van der Waals surface area (Å²) in [5, 5.41) is 3.49. The maximum atomic E-state index is 3.49. The van der Waals surface area contributed by atoms with Gasteiger partial charge < -0.3 is 5.32 Å². The van der Waals surface area contributed by atoms with Crippen molar-refractivity contribution in [2.24, 2.45) is 0 Å². The molecule has 2 aromatic rings. The summed E-state index contributed by atoms with van der Waals surface area (Å²) in [6, 6.07) is 19.0. The highest BCUT2D eigenvalue weighted by atomic mass is 14.9. The van der Waals surface area contributed by atoms with Crippen LogP contribution in [0.4, 0.5) is 5.69 Å². The smallest absolute Gasteiger partial charge is 0.0350 e. The zero-order chi connectivity index (χ0) is 12.3. The lowest BCUT2D eigenvalue weighted by atomic mass is 10.0. The standard InChI is InChI=1S/C16H19N/c1-16(2,3)17-15-11-7-10-14(12-15)13-8-5-4-6-9-13/h4-12,17H,1-3H3. The number of benzene rings is 2. The van der Waals surface area contributed by atoms with Gasteiger partial charge >= 0.3 is 0 Å². The molecule has 1 heteroatoms. The van der Waals surface area contributed by atoms with E-state index in [1.807, 2.05) is 6.07 Å². The van der Waals surface area contributed by atoms with Crippen molar-refractivity contribution in [1.29, 1.82) is 0 Å². The molecule has 0 unspecified atom stereocenters. The normalized spacial score (nSPS) is 11.2. The molecule has 0 aliphatic rings. The van der Waals surface area contributed by atoms with E-state index in [-0.39, 0.29) is 5.54 Å². The first kappa shape index (κ1) is 11.7. The second-order valence-electron chi connectivity index (χ2n) is 5.32. The summed E-state index contributed by atoms with van der Waals surface area (Å²) < 4.78 is 0. The van der Waals surface area contributed by atoms with Crippen LogP contribution in [0.1, 0.15) is 20.8 Å². The second-order valence-corrected chi connectivity index (χ2v) is 5.32. The summed E-state index contributed by atoms with van der Waals surface area (Å²) in [6.07, 6.45) is 0. The molecule has 0 aromatic heterocycles. The van der Waals surface area contributed by atoms with E-state index in [0.29, 0.717) is 0 Å². The molecule has 0 radical (unpaired) electrons. The van der Waals surface area contributed by atoms with Crippen LogP contribution in [0, 0.1) is 0 Å². The quantitative estimate of drug-likeness (QED) is 0.789. The third-order valence-electron chi connectivity index (χ3n) is 2.49. The van der Waals surface area contributed by atoms with Gasteiger partial charge in [0, 0.05) is 11.2 Å². The van der Waals surface area contributed by atoms with Gasteiger partial charge in [-0.3, -0.25) is 0 Å². The molecule has 2 rings (SSSR count). The molecular formula is C16H19N. The molecule has 0 aliphatic heterocycles. The van der Waals surface area contributed by atoms with Crippen molar-refractivity contribution in [3.8, 4) is 11.1 Å². The second kappa shape index (κ2) is 4.62. The van der Waals surface area contributed by atoms with E-state index in [0.717, 1.165) is 0 Å². The number of anilines is 1. The average Bonchev–Trinajstić information content (AvgIpc) is 2.28. The summed E-state index contributed by atoms with van der Waals surface area (Å²) in [4.78, 5) is 0. The van der Waals surface area contributed by atoms with Gasteiger partial charge in [0.1, 0.15) is 0 Å². The molecular weight excluding hydrogens is 206 g/mol. The fraction of sp³-hybridized carbons (Fsp3) is 0.250. The van der Waals surface area contributed by atoms with E-state index in [1.54, 1.807) is 0 Å². The Morgan fingerprint density at radius 2 is 1.41 bits per heavy atom. The van der Waals surface area contributed by atoms with E-state index in [2.05, 4.69) is 74.6 Å². The molecule has 0 fully saturated rings. The van der Waals surface area contributed by atoms with Crippen molar-refractivity contribution in [1.82, 2.24) is 0 Å². The third-order valence-corrected chi connectivity index (χ3v) is 2.49. The van der Waals surface area contributed by atoms with E-state index in [1.165, 1.54) is 16.8 Å². The third kappa shape index (κ3) is 3.35. The van der Waals surface area contributed by atoms with Gasteiger partial charge in [0.2, 0.25) is 0 Å². The summed E-state index contributed by atoms with van der Waals surface area (Å²) in [5.41, 5.74) is 3.76. The first-order valence-electron chi connectivity index (χ1n) is 5.98. The molecule has 0 aliphatic carbocycles. The molecule has 0 saturated heterocycles. The number of nitrogens with one attached hydrogen (secondary N) is 1. The van der Waals surface area contributed by atoms with Crippen LogP contribution in [-0.2, 0) is 0 Å². The Morgan fingerprint density at radius 3 is 2.06 bits per heavy atom. The van der Waals surface area contributed by atoms with Crippen molar-refractivity contribution in [3.63, 3.8) is 0 Å². The minimum Gasteiger partial charge on any atom is -0.380 e. The summed E-state index contributed by atoms with van der Waals surface area (Å²) in [6.45, 7) is 6.51. The highest BCUT2D eigenvalue weighted by Crippen LogP contribution is 2.23. The topological polar surface area (TPSA) is 12.0 Å². The van der Waals surface area contributed by atoms with Gasteiger partial charge in [0.05, 0.1) is 0 Å². The molecule has 0 amide bonds. The Hall–Kier alpha value is -1.76. The summed E-state index contributed by atoms with van der Waals surface area (Å²) >= 11 is 0. The van der Waals surface area contributed by atoms with E-state index in [9.17, 15) is 0 Å². The van der Waals surface area contributed by atoms with Crippen LogP contribution in [0.5, 0.6) is 0 Å². The van der Waals surface area contributed by atoms with Crippen LogP contribution < -0.4 is 5.32 Å². The summed E-state index contributed by atoms with van der Waals surface area (Å²) in [7, 11) is 0. The molecule has 0 bridgehead atoms. The zero-order valence-corrected chi connectivity index (χ0v) is 10.7. The van der Waals surface area contributed by atoms with Crippen LogP contribution in [0.2, 0.25) is 0 Å². The molecule has 17 heavy (non-hydrogen) atoms. The molecule has 88 valence electrons. The van der Waals surface area contributed by atoms with Crippen LogP contribution in [0.3, 0.4) is 0 Å². The molecule has 2 aromatic carbocycles. The van der Waals surface area contributed by atoms with Gasteiger partial charge in [-0.15, -0.1) is 0 Å². The predicted octanol–water partition coefficient (Wildman–Crippen LogP) is 4.56. The van der Waals surface area contributed by atoms with Gasteiger partial charge in [0.15, 0.2) is 0 Å². The summed E-state index contributed by atoms with van der Waals surface area (Å²) in [5.74, 6) is 0. The van der Waals surface area contributed by atoms with Crippen molar-refractivity contribution in [3.05, 3.63) is 54.6 Å². The SMILES string of the molecule is CC(C)(C)Nc1cccc(-c2ccccc2)c1. The van der Waals surface area contributed by atoms with Gasteiger partial charge in [-0.2, -0.15) is 0 Å².